The molecule has 0 aliphatic rings. The van der Waals surface area contributed by atoms with E-state index in [4.69, 9.17) is 10.5 Å². The van der Waals surface area contributed by atoms with Crippen molar-refractivity contribution in [2.24, 2.45) is 0 Å². The number of esters is 1. The second-order valence-corrected chi connectivity index (χ2v) is 4.69. The summed E-state index contributed by atoms with van der Waals surface area (Å²) in [5, 5.41) is 13.5. The number of nitro benzene ring substituents is 1. The van der Waals surface area contributed by atoms with E-state index in [2.05, 4.69) is 5.32 Å². The number of nitrogens with zero attached hydrogens (tertiary/aromatic N) is 1. The normalized spacial score (nSPS) is 10.3. The molecule has 0 saturated carbocycles. The van der Waals surface area contributed by atoms with Crippen LogP contribution in [0.4, 0.5) is 11.4 Å². The Morgan fingerprint density at radius 1 is 1.36 bits per heavy atom. The molecule has 22 heavy (non-hydrogen) atoms. The van der Waals surface area contributed by atoms with Gasteiger partial charge in [0.05, 0.1) is 10.5 Å². The van der Waals surface area contributed by atoms with E-state index in [1.165, 1.54) is 12.1 Å². The lowest BCUT2D eigenvalue weighted by Crippen LogP contribution is -2.36. The fourth-order valence-corrected chi connectivity index (χ4v) is 1.81. The number of nitrogens with two attached hydrogens (primary N) is 1. The summed E-state index contributed by atoms with van der Waals surface area (Å²) in [5.74, 6) is -1.23. The highest BCUT2D eigenvalue weighted by Crippen LogP contribution is 2.22. The molecule has 0 spiro atoms. The first-order valence-corrected chi connectivity index (χ1v) is 6.89. The van der Waals surface area contributed by atoms with Crippen molar-refractivity contribution >= 4 is 23.3 Å². The van der Waals surface area contributed by atoms with E-state index in [1.807, 2.05) is 13.8 Å². The maximum Gasteiger partial charge on any atom is 0.338 e. The largest absolute Gasteiger partial charge is 0.452 e. The molecule has 1 rings (SSSR count). The number of amides is 1. The van der Waals surface area contributed by atoms with E-state index >= 15 is 0 Å². The van der Waals surface area contributed by atoms with Crippen LogP contribution in [0, 0.1) is 10.1 Å². The molecule has 3 N–H and O–H groups in total. The minimum atomic E-state index is -0.817. The highest BCUT2D eigenvalue weighted by Gasteiger charge is 2.17. The Balaban J connectivity index is 2.64. The van der Waals surface area contributed by atoms with Gasteiger partial charge in [0.25, 0.3) is 11.6 Å². The van der Waals surface area contributed by atoms with Gasteiger partial charge in [0.1, 0.15) is 5.69 Å². The van der Waals surface area contributed by atoms with E-state index in [1.54, 1.807) is 0 Å². The number of nitrogen functional groups attached to an aromatic ring is 1. The molecule has 1 amide bonds. The fourth-order valence-electron chi connectivity index (χ4n) is 1.81. The molecule has 0 bridgehead atoms. The first-order chi connectivity index (χ1) is 10.4. The van der Waals surface area contributed by atoms with Gasteiger partial charge in [-0.1, -0.05) is 13.8 Å². The second kappa shape index (κ2) is 7.96. The number of anilines is 1. The van der Waals surface area contributed by atoms with Gasteiger partial charge in [0.15, 0.2) is 6.61 Å². The number of carbonyl (C=O) groups excluding carboxylic acids is 2. The number of rotatable bonds is 7. The Labute approximate surface area is 127 Å². The number of nitro groups is 1. The maximum atomic E-state index is 11.8. The topological polar surface area (TPSA) is 125 Å². The molecule has 0 unspecified atom stereocenters. The quantitative estimate of drug-likeness (QED) is 0.341. The molecule has 0 aromatic heterocycles. The molecule has 0 aliphatic carbocycles. The molecule has 0 saturated heterocycles. The van der Waals surface area contributed by atoms with Crippen LogP contribution in [0.15, 0.2) is 18.2 Å². The molecule has 8 nitrogen and oxygen atoms in total. The zero-order valence-electron chi connectivity index (χ0n) is 12.5. The van der Waals surface area contributed by atoms with E-state index in [-0.39, 0.29) is 23.0 Å². The van der Waals surface area contributed by atoms with Crippen molar-refractivity contribution in [3.8, 4) is 0 Å². The molecular formula is C14H19N3O5. The third-order valence-electron chi connectivity index (χ3n) is 3.15. The van der Waals surface area contributed by atoms with Crippen LogP contribution in [0.5, 0.6) is 0 Å². The maximum absolute atomic E-state index is 11.8. The SMILES string of the molecule is CCC(CC)NC(=O)COC(=O)c1ccc(N)c([N+](=O)[O-])c1. The Morgan fingerprint density at radius 3 is 2.55 bits per heavy atom. The van der Waals surface area contributed by atoms with Crippen LogP contribution in [-0.4, -0.2) is 29.4 Å². The average molecular weight is 309 g/mol. The number of hydrogen-bond donors (Lipinski definition) is 2. The zero-order chi connectivity index (χ0) is 16.7. The van der Waals surface area contributed by atoms with Crippen LogP contribution in [0.25, 0.3) is 0 Å². The molecule has 0 radical (unpaired) electrons. The molecule has 8 heteroatoms. The summed E-state index contributed by atoms with van der Waals surface area (Å²) in [6.07, 6.45) is 1.56. The predicted molar refractivity (Wildman–Crippen MR) is 80.3 cm³/mol. The standard InChI is InChI=1S/C14H19N3O5/c1-3-10(4-2)16-13(18)8-22-14(19)9-5-6-11(15)12(7-9)17(20)21/h5-7,10H,3-4,8,15H2,1-2H3,(H,16,18). The van der Waals surface area contributed by atoms with Gasteiger partial charge in [-0.05, 0) is 25.0 Å². The van der Waals surface area contributed by atoms with Crippen molar-refractivity contribution in [3.63, 3.8) is 0 Å². The number of nitrogens with one attached hydrogen (secondary N) is 1. The van der Waals surface area contributed by atoms with E-state index in [0.29, 0.717) is 0 Å². The minimum absolute atomic E-state index is 0.0313. The first kappa shape index (κ1) is 17.4. The first-order valence-electron chi connectivity index (χ1n) is 6.89. The van der Waals surface area contributed by atoms with Gasteiger partial charge in [0, 0.05) is 12.1 Å². The molecule has 0 heterocycles. The van der Waals surface area contributed by atoms with Crippen LogP contribution in [0.1, 0.15) is 37.0 Å². The average Bonchev–Trinajstić information content (AvgIpc) is 2.50. The van der Waals surface area contributed by atoms with Crippen molar-refractivity contribution in [2.75, 3.05) is 12.3 Å². The number of ether oxygens (including phenoxy) is 1. The molecule has 0 aliphatic heterocycles. The molecule has 120 valence electrons. The monoisotopic (exact) mass is 309 g/mol. The Morgan fingerprint density at radius 2 is 2.00 bits per heavy atom. The summed E-state index contributed by atoms with van der Waals surface area (Å²) in [7, 11) is 0. The lowest BCUT2D eigenvalue weighted by Gasteiger charge is -2.14. The molecule has 0 fully saturated rings. The Bertz CT molecular complexity index is 570. The highest BCUT2D eigenvalue weighted by atomic mass is 16.6. The third-order valence-corrected chi connectivity index (χ3v) is 3.15. The Kier molecular flexibility index (Phi) is 6.30. The van der Waals surface area contributed by atoms with Crippen molar-refractivity contribution in [1.82, 2.24) is 5.32 Å². The van der Waals surface area contributed by atoms with Crippen molar-refractivity contribution in [2.45, 2.75) is 32.7 Å². The van der Waals surface area contributed by atoms with Crippen molar-refractivity contribution < 1.29 is 19.2 Å². The van der Waals surface area contributed by atoms with Gasteiger partial charge < -0.3 is 15.8 Å². The number of carbonyl (C=O) groups is 2. The highest BCUT2D eigenvalue weighted by molar-refractivity contribution is 5.92. The lowest BCUT2D eigenvalue weighted by molar-refractivity contribution is -0.383. The summed E-state index contributed by atoms with van der Waals surface area (Å²) < 4.78 is 4.84. The van der Waals surface area contributed by atoms with E-state index < -0.39 is 23.4 Å². The van der Waals surface area contributed by atoms with Crippen LogP contribution in [-0.2, 0) is 9.53 Å². The summed E-state index contributed by atoms with van der Waals surface area (Å²) in [5.41, 5.74) is 4.98. The Hall–Kier alpha value is -2.64. The third kappa shape index (κ3) is 4.72. The summed E-state index contributed by atoms with van der Waals surface area (Å²) >= 11 is 0. The number of hydrogen-bond acceptors (Lipinski definition) is 6. The van der Waals surface area contributed by atoms with Gasteiger partial charge >= 0.3 is 5.97 Å². The van der Waals surface area contributed by atoms with Crippen LogP contribution < -0.4 is 11.1 Å². The second-order valence-electron chi connectivity index (χ2n) is 4.69. The molecule has 1 aromatic carbocycles. The smallest absolute Gasteiger partial charge is 0.338 e. The van der Waals surface area contributed by atoms with Crippen LogP contribution in [0.3, 0.4) is 0 Å². The van der Waals surface area contributed by atoms with Gasteiger partial charge in [0.2, 0.25) is 0 Å². The van der Waals surface area contributed by atoms with Gasteiger partial charge in [-0.25, -0.2) is 4.79 Å². The van der Waals surface area contributed by atoms with Crippen LogP contribution in [0.2, 0.25) is 0 Å². The van der Waals surface area contributed by atoms with E-state index in [0.717, 1.165) is 18.9 Å². The van der Waals surface area contributed by atoms with Crippen LogP contribution >= 0.6 is 0 Å². The summed E-state index contributed by atoms with van der Waals surface area (Å²) in [6, 6.07) is 3.61. The van der Waals surface area contributed by atoms with E-state index in [9.17, 15) is 19.7 Å². The minimum Gasteiger partial charge on any atom is -0.452 e. The molecule has 0 atom stereocenters. The van der Waals surface area contributed by atoms with Gasteiger partial charge in [-0.2, -0.15) is 0 Å². The number of benzene rings is 1. The predicted octanol–water partition coefficient (Wildman–Crippen LogP) is 1.64. The molecule has 1 aromatic rings. The van der Waals surface area contributed by atoms with Gasteiger partial charge in [-0.3, -0.25) is 14.9 Å². The fraction of sp³-hybridized carbons (Fsp3) is 0.429. The molecular weight excluding hydrogens is 290 g/mol. The lowest BCUT2D eigenvalue weighted by atomic mass is 10.2. The summed E-state index contributed by atoms with van der Waals surface area (Å²) in [6.45, 7) is 3.44. The van der Waals surface area contributed by atoms with Gasteiger partial charge in [-0.15, -0.1) is 0 Å². The van der Waals surface area contributed by atoms with Crippen molar-refractivity contribution in [1.29, 1.82) is 0 Å². The summed E-state index contributed by atoms with van der Waals surface area (Å²) in [4.78, 5) is 33.5. The van der Waals surface area contributed by atoms with Crippen molar-refractivity contribution in [3.05, 3.63) is 33.9 Å². The zero-order valence-corrected chi connectivity index (χ0v) is 12.5.